The van der Waals surface area contributed by atoms with E-state index in [0.29, 0.717) is 5.69 Å². The third kappa shape index (κ3) is 2.83. The number of nitrogens with one attached hydrogen (secondary N) is 1. The van der Waals surface area contributed by atoms with E-state index in [0.717, 1.165) is 24.6 Å². The van der Waals surface area contributed by atoms with E-state index in [2.05, 4.69) is 10.3 Å². The molecule has 0 aliphatic carbocycles. The number of rotatable bonds is 3. The average Bonchev–Trinajstić information content (AvgIpc) is 2.76. The second-order valence-corrected chi connectivity index (χ2v) is 5.47. The van der Waals surface area contributed by atoms with Crippen LogP contribution in [0.15, 0.2) is 33.9 Å². The van der Waals surface area contributed by atoms with Crippen molar-refractivity contribution in [2.75, 3.05) is 5.32 Å². The van der Waals surface area contributed by atoms with Gasteiger partial charge in [-0.05, 0) is 25.1 Å². The van der Waals surface area contributed by atoms with Crippen molar-refractivity contribution in [1.82, 2.24) is 4.98 Å². The van der Waals surface area contributed by atoms with Gasteiger partial charge in [0.05, 0.1) is 16.3 Å². The molecular formula is C11H10FN3O4S. The van der Waals surface area contributed by atoms with E-state index < -0.39 is 21.7 Å². The van der Waals surface area contributed by atoms with Crippen molar-refractivity contribution < 1.29 is 22.0 Å². The molecule has 0 atom stereocenters. The van der Waals surface area contributed by atoms with E-state index in [1.165, 1.54) is 0 Å². The van der Waals surface area contributed by atoms with Gasteiger partial charge in [0, 0.05) is 0 Å². The number of hydrogen-bond acceptors (Lipinski definition) is 5. The Labute approximate surface area is 113 Å². The van der Waals surface area contributed by atoms with Crippen LogP contribution in [0.4, 0.5) is 10.1 Å². The minimum Gasteiger partial charge on any atom is -0.438 e. The molecule has 2 aromatic rings. The lowest BCUT2D eigenvalue weighted by atomic mass is 10.3. The molecule has 0 spiro atoms. The maximum atomic E-state index is 13.7. The summed E-state index contributed by atoms with van der Waals surface area (Å²) < 4.78 is 40.7. The van der Waals surface area contributed by atoms with E-state index in [1.54, 1.807) is 6.92 Å². The number of halogens is 1. The summed E-state index contributed by atoms with van der Waals surface area (Å²) in [6, 6.07) is 2.90. The minimum absolute atomic E-state index is 0.0556. The third-order valence-corrected chi connectivity index (χ3v) is 3.38. The van der Waals surface area contributed by atoms with Gasteiger partial charge in [0.15, 0.2) is 6.39 Å². The number of nitrogens with zero attached hydrogens (tertiary/aromatic N) is 1. The highest BCUT2D eigenvalue weighted by atomic mass is 32.2. The number of benzene rings is 1. The summed E-state index contributed by atoms with van der Waals surface area (Å²) >= 11 is 0. The fourth-order valence-corrected chi connectivity index (χ4v) is 2.00. The van der Waals surface area contributed by atoms with Crippen molar-refractivity contribution in [2.24, 2.45) is 5.14 Å². The highest BCUT2D eigenvalue weighted by Gasteiger charge is 2.17. The molecule has 0 radical (unpaired) electrons. The molecular weight excluding hydrogens is 289 g/mol. The van der Waals surface area contributed by atoms with Crippen LogP contribution in [-0.2, 0) is 10.0 Å². The van der Waals surface area contributed by atoms with Crippen LogP contribution in [0.1, 0.15) is 16.2 Å². The number of primary sulfonamides is 1. The Balaban J connectivity index is 2.27. The zero-order chi connectivity index (χ0) is 14.9. The molecule has 7 nitrogen and oxygen atoms in total. The van der Waals surface area contributed by atoms with Gasteiger partial charge in [0.25, 0.3) is 5.91 Å². The Morgan fingerprint density at radius 3 is 2.65 bits per heavy atom. The van der Waals surface area contributed by atoms with Crippen molar-refractivity contribution in [3.8, 4) is 0 Å². The molecule has 0 unspecified atom stereocenters. The molecule has 1 aromatic carbocycles. The maximum absolute atomic E-state index is 13.7. The molecule has 0 aliphatic heterocycles. The summed E-state index contributed by atoms with van der Waals surface area (Å²) in [5.74, 6) is -1.68. The third-order valence-electron chi connectivity index (χ3n) is 2.47. The van der Waals surface area contributed by atoms with Gasteiger partial charge in [-0.25, -0.2) is 22.9 Å². The quantitative estimate of drug-likeness (QED) is 0.878. The first-order chi connectivity index (χ1) is 9.29. The van der Waals surface area contributed by atoms with Crippen LogP contribution in [0.25, 0.3) is 0 Å². The van der Waals surface area contributed by atoms with Crippen molar-refractivity contribution in [3.63, 3.8) is 0 Å². The van der Waals surface area contributed by atoms with Crippen molar-refractivity contribution in [3.05, 3.63) is 41.9 Å². The Morgan fingerprint density at radius 2 is 2.15 bits per heavy atom. The standard InChI is InChI=1S/C11H10FN3O4S/c1-6-10(19-5-14-6)11(16)15-9-3-2-7(4-8(9)12)20(13,17)18/h2-5H,1H3,(H,15,16)(H2,13,17,18). The number of anilines is 1. The van der Waals surface area contributed by atoms with Crippen LogP contribution in [0.2, 0.25) is 0 Å². The molecule has 1 heterocycles. The normalized spacial score (nSPS) is 11.3. The predicted molar refractivity (Wildman–Crippen MR) is 67.0 cm³/mol. The summed E-state index contributed by atoms with van der Waals surface area (Å²) in [5.41, 5.74) is 0.155. The van der Waals surface area contributed by atoms with Gasteiger partial charge in [0.2, 0.25) is 15.8 Å². The van der Waals surface area contributed by atoms with Gasteiger partial charge >= 0.3 is 0 Å². The van der Waals surface area contributed by atoms with E-state index in [9.17, 15) is 17.6 Å². The van der Waals surface area contributed by atoms with E-state index >= 15 is 0 Å². The van der Waals surface area contributed by atoms with Crippen molar-refractivity contribution in [1.29, 1.82) is 0 Å². The van der Waals surface area contributed by atoms with Gasteiger partial charge in [0.1, 0.15) is 5.82 Å². The lowest BCUT2D eigenvalue weighted by Crippen LogP contribution is -2.15. The number of nitrogens with two attached hydrogens (primary N) is 1. The Bertz CT molecular complexity index is 770. The van der Waals surface area contributed by atoms with Gasteiger partial charge in [-0.2, -0.15) is 0 Å². The summed E-state index contributed by atoms with van der Waals surface area (Å²) in [7, 11) is -4.00. The minimum atomic E-state index is -4.00. The molecule has 0 saturated carbocycles. The number of aromatic nitrogens is 1. The van der Waals surface area contributed by atoms with Crippen LogP contribution in [0.5, 0.6) is 0 Å². The zero-order valence-corrected chi connectivity index (χ0v) is 11.1. The Morgan fingerprint density at radius 1 is 1.45 bits per heavy atom. The number of carbonyl (C=O) groups is 1. The fraction of sp³-hybridized carbons (Fsp3) is 0.0909. The molecule has 3 N–H and O–H groups in total. The van der Waals surface area contributed by atoms with Crippen LogP contribution < -0.4 is 10.5 Å². The summed E-state index contributed by atoms with van der Waals surface area (Å²) in [5, 5.41) is 7.12. The molecule has 9 heteroatoms. The number of oxazole rings is 1. The summed E-state index contributed by atoms with van der Waals surface area (Å²) in [4.78, 5) is 15.1. The van der Waals surface area contributed by atoms with Crippen LogP contribution in [0.3, 0.4) is 0 Å². The summed E-state index contributed by atoms with van der Waals surface area (Å²) in [6.07, 6.45) is 1.09. The highest BCUT2D eigenvalue weighted by Crippen LogP contribution is 2.19. The smallest absolute Gasteiger partial charge is 0.293 e. The molecule has 0 saturated heterocycles. The number of aryl methyl sites for hydroxylation is 1. The molecule has 106 valence electrons. The van der Waals surface area contributed by atoms with Crippen LogP contribution in [-0.4, -0.2) is 19.3 Å². The molecule has 0 aliphatic rings. The van der Waals surface area contributed by atoms with E-state index in [1.807, 2.05) is 0 Å². The number of amides is 1. The molecule has 20 heavy (non-hydrogen) atoms. The summed E-state index contributed by atoms with van der Waals surface area (Å²) in [6.45, 7) is 1.55. The SMILES string of the molecule is Cc1ncoc1C(=O)Nc1ccc(S(N)(=O)=O)cc1F. The molecule has 0 fully saturated rings. The van der Waals surface area contributed by atoms with Gasteiger partial charge in [-0.1, -0.05) is 0 Å². The topological polar surface area (TPSA) is 115 Å². The molecule has 1 amide bonds. The molecule has 1 aromatic heterocycles. The molecule has 2 rings (SSSR count). The number of carbonyl (C=O) groups excluding carboxylic acids is 1. The Kier molecular flexibility index (Phi) is 3.55. The first-order valence-electron chi connectivity index (χ1n) is 5.33. The van der Waals surface area contributed by atoms with Gasteiger partial charge in [-0.3, -0.25) is 4.79 Å². The van der Waals surface area contributed by atoms with Gasteiger partial charge < -0.3 is 9.73 Å². The highest BCUT2D eigenvalue weighted by molar-refractivity contribution is 7.89. The average molecular weight is 299 g/mol. The monoisotopic (exact) mass is 299 g/mol. The van der Waals surface area contributed by atoms with E-state index in [4.69, 9.17) is 9.56 Å². The van der Waals surface area contributed by atoms with Crippen molar-refractivity contribution in [2.45, 2.75) is 11.8 Å². The fourth-order valence-electron chi connectivity index (χ4n) is 1.47. The van der Waals surface area contributed by atoms with E-state index in [-0.39, 0.29) is 16.3 Å². The predicted octanol–water partition coefficient (Wildman–Crippen LogP) is 1.02. The van der Waals surface area contributed by atoms with Crippen LogP contribution in [0, 0.1) is 12.7 Å². The zero-order valence-electron chi connectivity index (χ0n) is 10.3. The Hall–Kier alpha value is -2.26. The second-order valence-electron chi connectivity index (χ2n) is 3.91. The van der Waals surface area contributed by atoms with Crippen LogP contribution >= 0.6 is 0 Å². The first kappa shape index (κ1) is 14.2. The second kappa shape index (κ2) is 5.02. The largest absolute Gasteiger partial charge is 0.438 e. The number of hydrogen-bond donors (Lipinski definition) is 2. The lowest BCUT2D eigenvalue weighted by molar-refractivity contribution is 0.0995. The first-order valence-corrected chi connectivity index (χ1v) is 6.87. The lowest BCUT2D eigenvalue weighted by Gasteiger charge is -2.06. The number of sulfonamides is 1. The van der Waals surface area contributed by atoms with Gasteiger partial charge in [-0.15, -0.1) is 0 Å². The molecule has 0 bridgehead atoms. The maximum Gasteiger partial charge on any atom is 0.293 e. The van der Waals surface area contributed by atoms with Crippen molar-refractivity contribution >= 4 is 21.6 Å².